The van der Waals surface area contributed by atoms with Gasteiger partial charge in [0.1, 0.15) is 0 Å². The topological polar surface area (TPSA) is 64.4 Å². The molecule has 6 heteroatoms. The first-order valence-electron chi connectivity index (χ1n) is 12.4. The quantitative estimate of drug-likeness (QED) is 0.571. The van der Waals surface area contributed by atoms with Crippen molar-refractivity contribution < 1.29 is 9.53 Å². The molecular weight excluding hydrogens is 402 g/mol. The number of hydrogen-bond donors (Lipinski definition) is 0. The summed E-state index contributed by atoms with van der Waals surface area (Å²) < 4.78 is 7.00. The van der Waals surface area contributed by atoms with E-state index in [4.69, 9.17) is 4.74 Å². The fourth-order valence-corrected chi connectivity index (χ4v) is 5.89. The van der Waals surface area contributed by atoms with Gasteiger partial charge in [-0.3, -0.25) is 9.69 Å². The van der Waals surface area contributed by atoms with Crippen molar-refractivity contribution in [1.29, 1.82) is 0 Å². The molecule has 4 rings (SSSR count). The summed E-state index contributed by atoms with van der Waals surface area (Å²) in [6.07, 6.45) is 7.98. The third-order valence-electron chi connectivity index (χ3n) is 7.31. The number of carbonyl (C=O) groups excluding carboxylic acids is 1. The van der Waals surface area contributed by atoms with Crippen molar-refractivity contribution in [3.63, 3.8) is 0 Å². The summed E-state index contributed by atoms with van der Waals surface area (Å²) in [7, 11) is 0. The second-order valence-electron chi connectivity index (χ2n) is 9.98. The Morgan fingerprint density at radius 3 is 2.44 bits per heavy atom. The van der Waals surface area contributed by atoms with E-state index in [9.17, 15) is 9.59 Å². The van der Waals surface area contributed by atoms with Crippen molar-refractivity contribution in [1.82, 2.24) is 14.5 Å². The van der Waals surface area contributed by atoms with Crippen molar-refractivity contribution in [3.8, 4) is 0 Å². The Kier molecular flexibility index (Phi) is 6.99. The molecule has 3 unspecified atom stereocenters. The monoisotopic (exact) mass is 439 g/mol. The molecule has 2 aliphatic heterocycles. The van der Waals surface area contributed by atoms with Gasteiger partial charge in [0.05, 0.1) is 17.6 Å². The molecule has 32 heavy (non-hydrogen) atoms. The van der Waals surface area contributed by atoms with Crippen LogP contribution in [0.2, 0.25) is 0 Å². The Morgan fingerprint density at radius 1 is 1.09 bits per heavy atom. The first-order valence-corrected chi connectivity index (χ1v) is 12.4. The number of para-hydroxylation sites is 2. The molecule has 1 aromatic heterocycles. The van der Waals surface area contributed by atoms with E-state index in [0.717, 1.165) is 24.3 Å². The Bertz CT molecular complexity index is 1000. The Hall–Kier alpha value is -2.21. The number of ether oxygens (including phenoxy) is 1. The third kappa shape index (κ3) is 4.47. The zero-order valence-electron chi connectivity index (χ0n) is 19.9. The van der Waals surface area contributed by atoms with Crippen LogP contribution in [0.5, 0.6) is 0 Å². The van der Waals surface area contributed by atoms with Crippen LogP contribution in [0.15, 0.2) is 29.1 Å². The van der Waals surface area contributed by atoms with Gasteiger partial charge in [-0.15, -0.1) is 0 Å². The average molecular weight is 440 g/mol. The van der Waals surface area contributed by atoms with Gasteiger partial charge in [0.25, 0.3) is 5.56 Å². The van der Waals surface area contributed by atoms with E-state index >= 15 is 0 Å². The molecule has 2 aromatic rings. The number of benzene rings is 1. The highest BCUT2D eigenvalue weighted by Gasteiger charge is 2.41. The molecule has 174 valence electrons. The minimum absolute atomic E-state index is 0.0763. The molecule has 2 saturated heterocycles. The number of nitrogens with zero attached hydrogens (tertiary/aromatic N) is 3. The molecule has 0 aliphatic carbocycles. The first kappa shape index (κ1) is 23.0. The zero-order valence-corrected chi connectivity index (χ0v) is 19.9. The maximum atomic E-state index is 13.5. The molecule has 2 aliphatic rings. The number of fused-ring (bicyclic) bond motifs is 3. The third-order valence-corrected chi connectivity index (χ3v) is 7.31. The van der Waals surface area contributed by atoms with E-state index in [0.29, 0.717) is 23.6 Å². The molecule has 0 saturated carbocycles. The molecule has 2 bridgehead atoms. The van der Waals surface area contributed by atoms with Gasteiger partial charge < -0.3 is 9.30 Å². The minimum atomic E-state index is -0.628. The Morgan fingerprint density at radius 2 is 1.78 bits per heavy atom. The molecule has 0 radical (unpaired) electrons. The van der Waals surface area contributed by atoms with Crippen LogP contribution in [0.3, 0.4) is 0 Å². The zero-order chi connectivity index (χ0) is 22.8. The SMILES string of the molecule is CCOC(=O)c1nc2ccccc2n(C2CC3CCCC(C2)N3C(C)CCC(C)C)c1=O. The van der Waals surface area contributed by atoms with Crippen molar-refractivity contribution in [2.24, 2.45) is 5.92 Å². The number of carbonyl (C=O) groups is 1. The van der Waals surface area contributed by atoms with Crippen LogP contribution in [-0.2, 0) is 4.74 Å². The van der Waals surface area contributed by atoms with Crippen LogP contribution >= 0.6 is 0 Å². The van der Waals surface area contributed by atoms with Crippen LogP contribution in [0.1, 0.15) is 89.2 Å². The number of piperidine rings is 2. The van der Waals surface area contributed by atoms with Gasteiger partial charge >= 0.3 is 5.97 Å². The lowest BCUT2D eigenvalue weighted by molar-refractivity contribution is -0.0155. The Balaban J connectivity index is 1.69. The number of esters is 1. The highest BCUT2D eigenvalue weighted by molar-refractivity contribution is 5.89. The van der Waals surface area contributed by atoms with E-state index in [2.05, 4.69) is 30.7 Å². The smallest absolute Gasteiger partial charge is 0.362 e. The molecule has 3 heterocycles. The second kappa shape index (κ2) is 9.74. The lowest BCUT2D eigenvalue weighted by Crippen LogP contribution is -2.56. The van der Waals surface area contributed by atoms with Crippen molar-refractivity contribution in [3.05, 3.63) is 40.3 Å². The fraction of sp³-hybridized carbons (Fsp3) is 0.654. The molecule has 2 fully saturated rings. The summed E-state index contributed by atoms with van der Waals surface area (Å²) in [5.74, 6) is 0.0924. The second-order valence-corrected chi connectivity index (χ2v) is 9.98. The van der Waals surface area contributed by atoms with E-state index in [1.807, 2.05) is 28.8 Å². The van der Waals surface area contributed by atoms with Gasteiger partial charge in [-0.05, 0) is 70.4 Å². The van der Waals surface area contributed by atoms with Crippen molar-refractivity contribution in [2.75, 3.05) is 6.61 Å². The van der Waals surface area contributed by atoms with E-state index in [1.165, 1.54) is 32.1 Å². The van der Waals surface area contributed by atoms with Gasteiger partial charge in [-0.2, -0.15) is 0 Å². The van der Waals surface area contributed by atoms with Crippen LogP contribution in [0, 0.1) is 5.92 Å². The largest absolute Gasteiger partial charge is 0.461 e. The lowest BCUT2D eigenvalue weighted by atomic mass is 9.80. The standard InChI is InChI=1S/C26H37N3O3/c1-5-32-26(31)24-25(30)29(23-12-7-6-11-22(23)27-24)21-15-19-9-8-10-20(16-21)28(19)18(4)14-13-17(2)3/h6-7,11-12,17-21H,5,8-10,13-16H2,1-4H3. The predicted molar refractivity (Wildman–Crippen MR) is 127 cm³/mol. The molecular formula is C26H37N3O3. The number of aromatic nitrogens is 2. The molecule has 1 aromatic carbocycles. The van der Waals surface area contributed by atoms with Crippen LogP contribution in [0.4, 0.5) is 0 Å². The molecule has 3 atom stereocenters. The van der Waals surface area contributed by atoms with Crippen LogP contribution < -0.4 is 5.56 Å². The molecule has 6 nitrogen and oxygen atoms in total. The Labute approximate surface area is 191 Å². The first-order chi connectivity index (χ1) is 15.4. The van der Waals surface area contributed by atoms with E-state index in [-0.39, 0.29) is 23.9 Å². The van der Waals surface area contributed by atoms with Crippen LogP contribution in [-0.4, -0.2) is 45.2 Å². The predicted octanol–water partition coefficient (Wildman–Crippen LogP) is 4.96. The van der Waals surface area contributed by atoms with Gasteiger partial charge in [0, 0.05) is 24.2 Å². The van der Waals surface area contributed by atoms with Gasteiger partial charge in [0.15, 0.2) is 0 Å². The highest BCUT2D eigenvalue weighted by Crippen LogP contribution is 2.41. The van der Waals surface area contributed by atoms with Gasteiger partial charge in [0.2, 0.25) is 5.69 Å². The van der Waals surface area contributed by atoms with E-state index in [1.54, 1.807) is 6.92 Å². The highest BCUT2D eigenvalue weighted by atomic mass is 16.5. The average Bonchev–Trinajstić information content (AvgIpc) is 2.76. The summed E-state index contributed by atoms with van der Waals surface area (Å²) >= 11 is 0. The van der Waals surface area contributed by atoms with Crippen molar-refractivity contribution in [2.45, 2.75) is 96.8 Å². The fourth-order valence-electron chi connectivity index (χ4n) is 5.89. The maximum absolute atomic E-state index is 13.5. The number of rotatable bonds is 7. The molecule has 0 N–H and O–H groups in total. The van der Waals surface area contributed by atoms with E-state index < -0.39 is 5.97 Å². The summed E-state index contributed by atoms with van der Waals surface area (Å²) in [5, 5.41) is 0. The maximum Gasteiger partial charge on any atom is 0.362 e. The van der Waals surface area contributed by atoms with Crippen LogP contribution in [0.25, 0.3) is 11.0 Å². The minimum Gasteiger partial charge on any atom is -0.461 e. The van der Waals surface area contributed by atoms with Crippen molar-refractivity contribution >= 4 is 17.0 Å². The normalized spacial score (nSPS) is 24.6. The van der Waals surface area contributed by atoms with Gasteiger partial charge in [-0.25, -0.2) is 9.78 Å². The summed E-state index contributed by atoms with van der Waals surface area (Å²) in [5.41, 5.74) is 1.08. The molecule has 0 amide bonds. The lowest BCUT2D eigenvalue weighted by Gasteiger charge is -2.52. The number of hydrogen-bond acceptors (Lipinski definition) is 5. The van der Waals surface area contributed by atoms with Gasteiger partial charge in [-0.1, -0.05) is 32.4 Å². The summed E-state index contributed by atoms with van der Waals surface area (Å²) in [6, 6.07) is 9.27. The summed E-state index contributed by atoms with van der Waals surface area (Å²) in [6.45, 7) is 8.93. The summed E-state index contributed by atoms with van der Waals surface area (Å²) in [4.78, 5) is 33.1. The molecule has 0 spiro atoms.